The highest BCUT2D eigenvalue weighted by Gasteiger charge is 2.43. The molecule has 4 aromatic rings. The van der Waals surface area contributed by atoms with E-state index in [2.05, 4.69) is 15.3 Å². The molecule has 1 amide bonds. The summed E-state index contributed by atoms with van der Waals surface area (Å²) in [7, 11) is 5.70. The van der Waals surface area contributed by atoms with Gasteiger partial charge in [-0.2, -0.15) is 0 Å². The predicted molar refractivity (Wildman–Crippen MR) is 172 cm³/mol. The Morgan fingerprint density at radius 2 is 1.80 bits per heavy atom. The van der Waals surface area contributed by atoms with Crippen LogP contribution in [0.1, 0.15) is 12.5 Å². The highest BCUT2D eigenvalue weighted by Crippen LogP contribution is 2.26. The van der Waals surface area contributed by atoms with Crippen LogP contribution in [0.25, 0.3) is 11.0 Å². The minimum atomic E-state index is -1.39. The fraction of sp³-hybridized carbons (Fsp3) is 0.250. The van der Waals surface area contributed by atoms with Crippen LogP contribution >= 0.6 is 11.6 Å². The topological polar surface area (TPSA) is 105 Å². The number of aromatic nitrogens is 2. The lowest BCUT2D eigenvalue weighted by molar-refractivity contribution is -0.159. The molecule has 1 unspecified atom stereocenters. The number of carbonyl (C=O) groups is 2. The summed E-state index contributed by atoms with van der Waals surface area (Å²) in [5, 5.41) is 5.10. The van der Waals surface area contributed by atoms with Crippen LogP contribution in [0.5, 0.6) is 5.75 Å². The van der Waals surface area contributed by atoms with E-state index >= 15 is 0 Å². The first-order valence-electron chi connectivity index (χ1n) is 14.0. The third kappa shape index (κ3) is 6.38. The number of hydrogen-bond acceptors (Lipinski definition) is 9. The lowest BCUT2D eigenvalue weighted by atomic mass is 10.1. The number of imidazole rings is 1. The molecule has 5 rings (SSSR count). The summed E-state index contributed by atoms with van der Waals surface area (Å²) in [5.41, 5.74) is 3.95. The van der Waals surface area contributed by atoms with Gasteiger partial charge < -0.3 is 19.7 Å². The molecular formula is C32H34ClN7O4. The molecule has 0 bridgehead atoms. The SMILES string of the molecule is CCOC(=O)C1(N(C)Cc2cccc(OCC(=O)N(c3ccc(Cl)cc3)n3cnc4cc(N(C)C)ccc43)c2)N=CC=CN1. The number of allylic oxidation sites excluding steroid dienone is 1. The van der Waals surface area contributed by atoms with Crippen LogP contribution in [0.2, 0.25) is 5.02 Å². The van der Waals surface area contributed by atoms with Crippen LogP contribution in [-0.2, 0) is 20.9 Å². The standard InChI is InChI=1S/C32H34ClN7O4/c1-5-43-31(42)32(35-16-7-17-36-32)38(4)20-23-8-6-9-27(18-23)44-21-30(41)40(25-12-10-24(33)11-13-25)39-22-34-28-19-26(37(2)3)14-15-29(28)39/h6-19,22,35H,5,20-21H2,1-4H3. The molecule has 0 radical (unpaired) electrons. The number of esters is 1. The second-order valence-corrected chi connectivity index (χ2v) is 10.7. The highest BCUT2D eigenvalue weighted by molar-refractivity contribution is 6.30. The van der Waals surface area contributed by atoms with Gasteiger partial charge in [0, 0.05) is 43.8 Å². The van der Waals surface area contributed by atoms with Crippen molar-refractivity contribution < 1.29 is 19.1 Å². The Balaban J connectivity index is 1.35. The molecule has 44 heavy (non-hydrogen) atoms. The molecule has 0 aliphatic carbocycles. The van der Waals surface area contributed by atoms with Gasteiger partial charge in [-0.3, -0.25) is 9.69 Å². The summed E-state index contributed by atoms with van der Waals surface area (Å²) < 4.78 is 13.0. The number of likely N-dealkylation sites (N-methyl/N-ethyl adjacent to an activating group) is 1. The molecule has 1 aliphatic rings. The Bertz CT molecular complexity index is 1700. The second-order valence-electron chi connectivity index (χ2n) is 10.3. The van der Waals surface area contributed by atoms with Gasteiger partial charge in [0.2, 0.25) is 0 Å². The molecule has 228 valence electrons. The maximum Gasteiger partial charge on any atom is 0.371 e. The van der Waals surface area contributed by atoms with E-state index in [0.29, 0.717) is 23.0 Å². The number of ether oxygens (including phenoxy) is 2. The maximum atomic E-state index is 13.8. The van der Waals surface area contributed by atoms with E-state index in [1.54, 1.807) is 78.7 Å². The number of nitrogens with zero attached hydrogens (tertiary/aromatic N) is 6. The number of anilines is 2. The predicted octanol–water partition coefficient (Wildman–Crippen LogP) is 4.47. The Morgan fingerprint density at radius 1 is 1.02 bits per heavy atom. The summed E-state index contributed by atoms with van der Waals surface area (Å²) in [4.78, 5) is 39.4. The number of fused-ring (bicyclic) bond motifs is 1. The van der Waals surface area contributed by atoms with Crippen molar-refractivity contribution in [3.05, 3.63) is 95.9 Å². The molecule has 12 heteroatoms. The van der Waals surface area contributed by atoms with Crippen molar-refractivity contribution >= 4 is 52.1 Å². The number of halogens is 1. The van der Waals surface area contributed by atoms with Gasteiger partial charge in [0.05, 0.1) is 23.3 Å². The average Bonchev–Trinajstić information content (AvgIpc) is 3.44. The number of nitrogens with one attached hydrogen (secondary N) is 1. The molecular weight excluding hydrogens is 582 g/mol. The van der Waals surface area contributed by atoms with Crippen LogP contribution in [0, 0.1) is 0 Å². The van der Waals surface area contributed by atoms with Crippen molar-refractivity contribution in [1.82, 2.24) is 19.9 Å². The van der Waals surface area contributed by atoms with Gasteiger partial charge in [-0.25, -0.2) is 24.5 Å². The van der Waals surface area contributed by atoms with Gasteiger partial charge >= 0.3 is 5.97 Å². The van der Waals surface area contributed by atoms with Gasteiger partial charge in [-0.1, -0.05) is 23.7 Å². The first kappa shape index (κ1) is 30.6. The van der Waals surface area contributed by atoms with Crippen LogP contribution in [0.4, 0.5) is 11.4 Å². The molecule has 1 aromatic heterocycles. The van der Waals surface area contributed by atoms with Crippen molar-refractivity contribution in [1.29, 1.82) is 0 Å². The molecule has 11 nitrogen and oxygen atoms in total. The molecule has 3 aromatic carbocycles. The van der Waals surface area contributed by atoms with E-state index in [9.17, 15) is 9.59 Å². The number of hydrogen-bond donors (Lipinski definition) is 1. The van der Waals surface area contributed by atoms with Crippen molar-refractivity contribution in [2.45, 2.75) is 19.3 Å². The zero-order chi connectivity index (χ0) is 31.3. The fourth-order valence-electron chi connectivity index (χ4n) is 4.83. The van der Waals surface area contributed by atoms with Gasteiger partial charge in [0.1, 0.15) is 12.1 Å². The Kier molecular flexibility index (Phi) is 9.17. The molecule has 0 spiro atoms. The zero-order valence-electron chi connectivity index (χ0n) is 25.0. The smallest absolute Gasteiger partial charge is 0.371 e. The van der Waals surface area contributed by atoms with Crippen LogP contribution in [0.3, 0.4) is 0 Å². The molecule has 1 N–H and O–H groups in total. The molecule has 2 heterocycles. The number of amides is 1. The fourth-order valence-corrected chi connectivity index (χ4v) is 4.95. The molecule has 0 fully saturated rings. The van der Waals surface area contributed by atoms with Gasteiger partial charge in [0.25, 0.3) is 11.7 Å². The van der Waals surface area contributed by atoms with Crippen molar-refractivity contribution in [2.24, 2.45) is 4.99 Å². The molecule has 1 atom stereocenters. The van der Waals surface area contributed by atoms with Crippen LogP contribution < -0.4 is 20.0 Å². The van der Waals surface area contributed by atoms with E-state index in [-0.39, 0.29) is 19.1 Å². The van der Waals surface area contributed by atoms with E-state index in [1.165, 1.54) is 5.01 Å². The van der Waals surface area contributed by atoms with E-state index in [1.807, 2.05) is 55.4 Å². The Hall–Kier alpha value is -4.87. The van der Waals surface area contributed by atoms with Gasteiger partial charge in [0.15, 0.2) is 6.61 Å². The third-order valence-electron chi connectivity index (χ3n) is 7.07. The molecule has 0 saturated carbocycles. The van der Waals surface area contributed by atoms with E-state index in [0.717, 1.165) is 22.3 Å². The largest absolute Gasteiger partial charge is 0.484 e. The number of rotatable bonds is 11. The molecule has 0 saturated heterocycles. The third-order valence-corrected chi connectivity index (χ3v) is 7.32. The van der Waals surface area contributed by atoms with Crippen LogP contribution in [-0.4, -0.2) is 72.8 Å². The summed E-state index contributed by atoms with van der Waals surface area (Å²) in [6.07, 6.45) is 6.54. The van der Waals surface area contributed by atoms with Gasteiger partial charge in [-0.15, -0.1) is 0 Å². The van der Waals surface area contributed by atoms with Crippen molar-refractivity contribution in [3.63, 3.8) is 0 Å². The summed E-state index contributed by atoms with van der Waals surface area (Å²) in [6, 6.07) is 20.2. The first-order valence-corrected chi connectivity index (χ1v) is 14.4. The van der Waals surface area contributed by atoms with Crippen LogP contribution in [0.15, 0.2) is 90.3 Å². The first-order chi connectivity index (χ1) is 21.2. The summed E-state index contributed by atoms with van der Waals surface area (Å²) in [5.74, 6) is -1.72. The maximum absolute atomic E-state index is 13.8. The Labute approximate surface area is 260 Å². The van der Waals surface area contributed by atoms with Gasteiger partial charge in [-0.05, 0) is 80.2 Å². The van der Waals surface area contributed by atoms with E-state index in [4.69, 9.17) is 21.1 Å². The number of benzene rings is 3. The van der Waals surface area contributed by atoms with Crippen molar-refractivity contribution in [2.75, 3.05) is 44.3 Å². The number of aliphatic imine (C=N–C) groups is 1. The second kappa shape index (κ2) is 13.2. The monoisotopic (exact) mass is 615 g/mol. The minimum absolute atomic E-state index is 0.228. The summed E-state index contributed by atoms with van der Waals surface area (Å²) >= 11 is 6.15. The summed E-state index contributed by atoms with van der Waals surface area (Å²) in [6.45, 7) is 2.07. The van der Waals surface area contributed by atoms with Crippen molar-refractivity contribution in [3.8, 4) is 5.75 Å². The lowest BCUT2D eigenvalue weighted by Crippen LogP contribution is -2.61. The molecule has 1 aliphatic heterocycles. The zero-order valence-corrected chi connectivity index (χ0v) is 25.7. The lowest BCUT2D eigenvalue weighted by Gasteiger charge is -2.37. The Morgan fingerprint density at radius 3 is 2.50 bits per heavy atom. The number of carbonyl (C=O) groups excluding carboxylic acids is 2. The minimum Gasteiger partial charge on any atom is -0.484 e. The van der Waals surface area contributed by atoms with E-state index < -0.39 is 11.8 Å². The average molecular weight is 616 g/mol. The highest BCUT2D eigenvalue weighted by atomic mass is 35.5. The quantitative estimate of drug-likeness (QED) is 0.247. The normalized spacial score (nSPS) is 15.7.